The lowest BCUT2D eigenvalue weighted by molar-refractivity contribution is -0.646. The summed E-state index contributed by atoms with van der Waals surface area (Å²) in [5.41, 5.74) is 0.500. The van der Waals surface area contributed by atoms with Gasteiger partial charge >= 0.3 is 15.0 Å². The number of aromatic nitrogens is 1. The molecular weight excluding hydrogens is 630 g/mol. The summed E-state index contributed by atoms with van der Waals surface area (Å²) in [5, 5.41) is 28.9. The van der Waals surface area contributed by atoms with Crippen LogP contribution in [0.1, 0.15) is 43.7 Å². The molecule has 4 heterocycles. The molecule has 3 atom stereocenters. The maximum atomic E-state index is 13.5. The third kappa shape index (κ3) is 8.78. The first kappa shape index (κ1) is 34.6. The lowest BCUT2D eigenvalue weighted by Crippen LogP contribution is -2.54. The lowest BCUT2D eigenvalue weighted by atomic mass is 10.0. The lowest BCUT2D eigenvalue weighted by Gasteiger charge is -2.27. The molecule has 0 spiro atoms. The number of sulfonamides is 1. The van der Waals surface area contributed by atoms with E-state index in [-0.39, 0.29) is 29.5 Å². The summed E-state index contributed by atoms with van der Waals surface area (Å²) in [6.45, 7) is 8.09. The minimum atomic E-state index is -4.17. The number of amides is 2. The third-order valence-electron chi connectivity index (χ3n) is 8.32. The molecule has 2 aromatic heterocycles. The highest BCUT2D eigenvalue weighted by molar-refractivity contribution is 7.88. The summed E-state index contributed by atoms with van der Waals surface area (Å²) in [5.74, 6) is -0.328. The summed E-state index contributed by atoms with van der Waals surface area (Å²) in [6.07, 6.45) is 0.815. The van der Waals surface area contributed by atoms with Crippen molar-refractivity contribution >= 4 is 32.8 Å². The number of aliphatic hydroxyl groups excluding tert-OH is 1. The molecule has 2 fully saturated rings. The number of rotatable bonds is 12. The first-order valence-electron chi connectivity index (χ1n) is 16.0. The van der Waals surface area contributed by atoms with Crippen molar-refractivity contribution in [1.29, 1.82) is 0 Å². The zero-order valence-electron chi connectivity index (χ0n) is 26.7. The number of aliphatic hydroxyl groups is 1. The van der Waals surface area contributed by atoms with E-state index in [0.29, 0.717) is 42.6 Å². The number of benzene rings is 1. The third-order valence-corrected chi connectivity index (χ3v) is 10.2. The molecule has 2 aliphatic heterocycles. The number of morpholine rings is 1. The molecule has 1 aromatic carbocycles. The molecule has 0 radical (unpaired) electrons. The monoisotopic (exact) mass is 673 g/mol. The molecule has 5 rings (SSSR count). The van der Waals surface area contributed by atoms with E-state index >= 15 is 0 Å². The molecule has 3 N–H and O–H groups in total. The van der Waals surface area contributed by atoms with Crippen LogP contribution < -0.4 is 20.1 Å². The van der Waals surface area contributed by atoms with Crippen LogP contribution in [0.5, 0.6) is 5.75 Å². The van der Waals surface area contributed by atoms with Crippen molar-refractivity contribution in [1.82, 2.24) is 19.8 Å². The van der Waals surface area contributed by atoms with Gasteiger partial charge in [-0.05, 0) is 55.5 Å². The van der Waals surface area contributed by atoms with Gasteiger partial charge in [0.15, 0.2) is 12.0 Å². The zero-order chi connectivity index (χ0) is 33.6. The van der Waals surface area contributed by atoms with Gasteiger partial charge in [0.2, 0.25) is 5.91 Å². The van der Waals surface area contributed by atoms with Gasteiger partial charge < -0.3 is 34.8 Å². The predicted molar refractivity (Wildman–Crippen MR) is 171 cm³/mol. The Morgan fingerprint density at radius 1 is 1.15 bits per heavy atom. The Hall–Kier alpha value is -3.76. The first-order valence-corrected chi connectivity index (χ1v) is 17.4. The number of fused-ring (bicyclic) bond motifs is 1. The summed E-state index contributed by atoms with van der Waals surface area (Å²) in [6, 6.07) is 9.31. The van der Waals surface area contributed by atoms with Crippen LogP contribution in [-0.4, -0.2) is 105 Å². The number of hydrogen-bond donors (Lipinski definition) is 3. The highest BCUT2D eigenvalue weighted by Gasteiger charge is 2.37. The molecule has 2 saturated heterocycles. The quantitative estimate of drug-likeness (QED) is 0.187. The maximum absolute atomic E-state index is 13.5. The Bertz CT molecular complexity index is 1640. The first-order chi connectivity index (χ1) is 22.5. The molecule has 3 aromatic rings. The Balaban J connectivity index is 1.20. The van der Waals surface area contributed by atoms with E-state index in [2.05, 4.69) is 15.5 Å². The van der Waals surface area contributed by atoms with Crippen molar-refractivity contribution in [3.05, 3.63) is 59.6 Å². The number of carbonyl (C=O) groups excluding carboxylic acids is 2. The second-order valence-electron chi connectivity index (χ2n) is 12.3. The topological polar surface area (TPSA) is 178 Å². The van der Waals surface area contributed by atoms with E-state index < -0.39 is 45.1 Å². The molecule has 0 aliphatic carbocycles. The van der Waals surface area contributed by atoms with Gasteiger partial charge in [-0.25, -0.2) is 8.42 Å². The van der Waals surface area contributed by atoms with Crippen LogP contribution in [0, 0.1) is 11.1 Å². The van der Waals surface area contributed by atoms with Gasteiger partial charge in [0, 0.05) is 50.2 Å². The number of nitrogens with one attached hydrogen (secondary N) is 2. The summed E-state index contributed by atoms with van der Waals surface area (Å²) in [4.78, 5) is 29.0. The summed E-state index contributed by atoms with van der Waals surface area (Å²) in [7, 11) is -4.17. The second-order valence-corrected chi connectivity index (χ2v) is 14.2. The molecule has 47 heavy (non-hydrogen) atoms. The van der Waals surface area contributed by atoms with E-state index in [9.17, 15) is 28.3 Å². The summed E-state index contributed by atoms with van der Waals surface area (Å²) >= 11 is 0. The van der Waals surface area contributed by atoms with Crippen LogP contribution in [0.4, 0.5) is 0 Å². The maximum Gasteiger partial charge on any atom is 0.323 e. The largest absolute Gasteiger partial charge is 0.618 e. The number of carbonyl (C=O) groups is 2. The molecule has 14 nitrogen and oxygen atoms in total. The number of nitrogens with zero attached hydrogens (tertiary/aromatic N) is 3. The van der Waals surface area contributed by atoms with Crippen LogP contribution in [0.3, 0.4) is 0 Å². The van der Waals surface area contributed by atoms with Crippen molar-refractivity contribution in [3.63, 3.8) is 0 Å². The second kappa shape index (κ2) is 15.4. The van der Waals surface area contributed by atoms with E-state index in [1.807, 2.05) is 13.8 Å². The van der Waals surface area contributed by atoms with Crippen molar-refractivity contribution in [2.24, 2.45) is 5.92 Å². The molecule has 0 saturated carbocycles. The molecule has 256 valence electrons. The molecule has 2 amide bonds. The minimum Gasteiger partial charge on any atom is -0.618 e. The fourth-order valence-electron chi connectivity index (χ4n) is 5.79. The van der Waals surface area contributed by atoms with Gasteiger partial charge in [-0.3, -0.25) is 14.5 Å². The van der Waals surface area contributed by atoms with Crippen molar-refractivity contribution in [2.75, 3.05) is 52.5 Å². The van der Waals surface area contributed by atoms with Crippen molar-refractivity contribution in [2.45, 2.75) is 56.3 Å². The standard InChI is InChI=1S/C32H43N5O9S/c1-22(2)18-26(31(39)33-25-6-5-10-36(21-27(25)38)47(42,43)30-7-3-4-11-37(30)41)34-32(40)29-20-23-19-24(8-9-28(23)46-29)45-17-14-35-12-15-44-16-13-35/h3-4,7-9,11,19-20,22,25-27,38H,5-6,10,12-18,21H2,1-2H3,(H,33,39)(H,34,40)/t25?,26?,27-/m0/s1. The van der Waals surface area contributed by atoms with Gasteiger partial charge in [0.05, 0.1) is 25.4 Å². The average Bonchev–Trinajstić information content (AvgIpc) is 3.38. The van der Waals surface area contributed by atoms with Gasteiger partial charge in [-0.2, -0.15) is 9.04 Å². The van der Waals surface area contributed by atoms with E-state index in [4.69, 9.17) is 13.9 Å². The Kier molecular flexibility index (Phi) is 11.3. The fourth-order valence-corrected chi connectivity index (χ4v) is 7.32. The normalized spacial score (nSPS) is 20.5. The summed E-state index contributed by atoms with van der Waals surface area (Å²) < 4.78 is 44.7. The SMILES string of the molecule is CC(C)CC(NC(=O)c1cc2cc(OCCN3CCOCC3)ccc2o1)C(=O)NC1CCCN(S(=O)(=O)c2cccc[n+]2[O-])C[C@@H]1O. The Morgan fingerprint density at radius 2 is 1.94 bits per heavy atom. The van der Waals surface area contributed by atoms with Gasteiger partial charge in [0.1, 0.15) is 24.0 Å². The van der Waals surface area contributed by atoms with Crippen LogP contribution in [0.2, 0.25) is 0 Å². The number of ether oxygens (including phenoxy) is 2. The smallest absolute Gasteiger partial charge is 0.323 e. The highest BCUT2D eigenvalue weighted by Crippen LogP contribution is 2.25. The van der Waals surface area contributed by atoms with Crippen LogP contribution in [0.25, 0.3) is 11.0 Å². The molecule has 15 heteroatoms. The average molecular weight is 674 g/mol. The molecular formula is C32H43N5O9S. The van der Waals surface area contributed by atoms with E-state index in [1.54, 1.807) is 24.3 Å². The van der Waals surface area contributed by atoms with Crippen molar-refractivity contribution < 1.29 is 41.7 Å². The zero-order valence-corrected chi connectivity index (χ0v) is 27.5. The van der Waals surface area contributed by atoms with E-state index in [0.717, 1.165) is 43.4 Å². The Morgan fingerprint density at radius 3 is 2.68 bits per heavy atom. The van der Waals surface area contributed by atoms with Crippen LogP contribution in [-0.2, 0) is 19.6 Å². The Labute approximate surface area is 274 Å². The number of hydrogen-bond acceptors (Lipinski definition) is 10. The fraction of sp³-hybridized carbons (Fsp3) is 0.531. The number of furan rings is 1. The van der Waals surface area contributed by atoms with Crippen LogP contribution in [0.15, 0.2) is 58.1 Å². The molecule has 2 unspecified atom stereocenters. The molecule has 2 aliphatic rings. The highest BCUT2D eigenvalue weighted by atomic mass is 32.2. The van der Waals surface area contributed by atoms with Gasteiger partial charge in [-0.15, -0.1) is 0 Å². The van der Waals surface area contributed by atoms with Gasteiger partial charge in [-0.1, -0.05) is 13.8 Å². The number of β-amino-alcohol motifs (C(OH)–C–C–N with tert-alkyl or cyclic N) is 1. The number of pyridine rings is 1. The predicted octanol–water partition coefficient (Wildman–Crippen LogP) is 1.25. The van der Waals surface area contributed by atoms with Gasteiger partial charge in [0.25, 0.3) is 5.91 Å². The van der Waals surface area contributed by atoms with Crippen molar-refractivity contribution in [3.8, 4) is 5.75 Å². The molecule has 0 bridgehead atoms. The minimum absolute atomic E-state index is 0.0406. The van der Waals surface area contributed by atoms with E-state index in [1.165, 1.54) is 18.2 Å². The van der Waals surface area contributed by atoms with Crippen LogP contribution >= 0.6 is 0 Å².